The van der Waals surface area contributed by atoms with Crippen LogP contribution in [0.15, 0.2) is 317 Å². The molecule has 10 rings (SSSR count). The average molecular weight is 1520 g/mol. The van der Waals surface area contributed by atoms with Crippen LogP contribution in [-0.2, 0) is 75.1 Å². The number of aliphatic hydroxyl groups is 1. The van der Waals surface area contributed by atoms with Crippen LogP contribution < -0.4 is 20.1 Å². The molecule has 10 aromatic carbocycles. The van der Waals surface area contributed by atoms with E-state index in [0.717, 1.165) is 30.6 Å². The number of halogens is 3. The summed E-state index contributed by atoms with van der Waals surface area (Å²) in [6.07, 6.45) is 0.419. The minimum atomic E-state index is -5.19. The maximum Gasteiger partial charge on any atom is 0.422 e. The highest BCUT2D eigenvalue weighted by Gasteiger charge is 2.51. The number of carboxylic acid groups (broad SMARTS) is 3. The molecule has 0 spiro atoms. The number of alkyl halides is 3. The molecule has 0 amide bonds. The molecule has 0 fully saturated rings. The molecule has 1 unspecified atom stereocenters. The predicted octanol–water partition coefficient (Wildman–Crippen LogP) is 20.8. The van der Waals surface area contributed by atoms with E-state index in [4.69, 9.17) is 9.84 Å². The second-order valence-electron chi connectivity index (χ2n) is 31.4. The molecular weight excluding hydrogens is 1410 g/mol. The maximum atomic E-state index is 11.4. The summed E-state index contributed by atoms with van der Waals surface area (Å²) >= 11 is 0. The van der Waals surface area contributed by atoms with Crippen molar-refractivity contribution >= 4 is 50.6 Å². The summed E-state index contributed by atoms with van der Waals surface area (Å²) in [5.41, 5.74) is 3.08. The lowest BCUT2D eigenvalue weighted by Crippen LogP contribution is -2.56. The number of carbonyl (C=O) groups excluding carboxylic acids is 3. The van der Waals surface area contributed by atoms with Crippen molar-refractivity contribution < 1.29 is 52.7 Å². The van der Waals surface area contributed by atoms with Crippen LogP contribution in [-0.4, -0.2) is 40.4 Å². The van der Waals surface area contributed by atoms with Crippen molar-refractivity contribution in [2.75, 3.05) is 0 Å². The Morgan fingerprint density at radius 2 is 0.574 bits per heavy atom. The first-order valence-electron chi connectivity index (χ1n) is 36.7. The molecule has 574 valence electrons. The zero-order valence-electron chi connectivity index (χ0n) is 66.1. The van der Waals surface area contributed by atoms with Crippen molar-refractivity contribution in [1.82, 2.24) is 0 Å². The summed E-state index contributed by atoms with van der Waals surface area (Å²) in [4.78, 5) is 41.7. The van der Waals surface area contributed by atoms with Crippen LogP contribution in [0.4, 0.5) is 13.2 Å². The SMILES string of the molecule is CC(C)(C)Oc1ccc([S+](c2ccccc2)c2ccccc2)cc1.CC(C)(C)c1ccc([S+](c2ccccc2)c2ccc(C(C)(C)C)cc2)cc1.CC(C)(C)c1ccc([S+](c2ccccc2)c2ccc(C(C)(C)C)cc2)cc1.CC(O)(C(=O)[O-])C(F)(F)F.CCCCCCCC(=O)[O-].O=C([O-])Cc1ccccc1. The van der Waals surface area contributed by atoms with Gasteiger partial charge in [0.25, 0.3) is 0 Å². The van der Waals surface area contributed by atoms with Gasteiger partial charge in [0.05, 0.1) is 38.7 Å². The number of hydrogen-bond donors (Lipinski definition) is 1. The lowest BCUT2D eigenvalue weighted by atomic mass is 9.87. The van der Waals surface area contributed by atoms with Gasteiger partial charge in [-0.2, -0.15) is 13.2 Å². The number of ether oxygens (including phenoxy) is 1. The predicted molar refractivity (Wildman–Crippen MR) is 435 cm³/mol. The summed E-state index contributed by atoms with van der Waals surface area (Å²) in [7, 11) is -0.271. The maximum absolute atomic E-state index is 11.4. The zero-order valence-corrected chi connectivity index (χ0v) is 68.5. The third-order valence-electron chi connectivity index (χ3n) is 16.8. The topological polar surface area (TPSA) is 150 Å². The number of aliphatic carboxylic acids is 3. The lowest BCUT2D eigenvalue weighted by Gasteiger charge is -2.26. The van der Waals surface area contributed by atoms with E-state index in [1.807, 2.05) is 6.07 Å². The molecule has 14 heteroatoms. The van der Waals surface area contributed by atoms with E-state index in [-0.39, 0.29) is 79.7 Å². The lowest BCUT2D eigenvalue weighted by molar-refractivity contribution is -0.351. The molecule has 0 radical (unpaired) electrons. The Morgan fingerprint density at radius 1 is 0.333 bits per heavy atom. The Kier molecular flexibility index (Phi) is 34.7. The van der Waals surface area contributed by atoms with Gasteiger partial charge >= 0.3 is 6.18 Å². The highest BCUT2D eigenvalue weighted by molar-refractivity contribution is 7.97. The first kappa shape index (κ1) is 89.8. The summed E-state index contributed by atoms with van der Waals surface area (Å²) < 4.78 is 40.2. The minimum absolute atomic E-state index is 0.000833. The van der Waals surface area contributed by atoms with Gasteiger partial charge < -0.3 is 39.5 Å². The van der Waals surface area contributed by atoms with Crippen molar-refractivity contribution in [2.24, 2.45) is 0 Å². The van der Waals surface area contributed by atoms with Crippen molar-refractivity contribution in [3.05, 3.63) is 301 Å². The summed E-state index contributed by atoms with van der Waals surface area (Å²) in [5.74, 6) is -3.60. The van der Waals surface area contributed by atoms with Gasteiger partial charge in [-0.3, -0.25) is 0 Å². The Bertz CT molecular complexity index is 3930. The Balaban J connectivity index is 0.000000245. The minimum Gasteiger partial charge on any atom is -0.550 e. The number of carbonyl (C=O) groups is 3. The first-order valence-corrected chi connectivity index (χ1v) is 40.4. The van der Waals surface area contributed by atoms with Gasteiger partial charge in [-0.05, 0) is 211 Å². The smallest absolute Gasteiger partial charge is 0.422 e. The Morgan fingerprint density at radius 3 is 0.778 bits per heavy atom. The molecule has 108 heavy (non-hydrogen) atoms. The molecule has 10 aromatic rings. The van der Waals surface area contributed by atoms with Crippen molar-refractivity contribution in [1.29, 1.82) is 0 Å². The molecule has 0 aliphatic heterocycles. The summed E-state index contributed by atoms with van der Waals surface area (Å²) in [6, 6.07) is 97.5. The van der Waals surface area contributed by atoms with Crippen LogP contribution in [0.1, 0.15) is 184 Å². The van der Waals surface area contributed by atoms with Gasteiger partial charge in [0.1, 0.15) is 11.4 Å². The second-order valence-corrected chi connectivity index (χ2v) is 37.5. The molecule has 0 aliphatic carbocycles. The molecule has 0 saturated heterocycles. The van der Waals surface area contributed by atoms with Crippen molar-refractivity contribution in [2.45, 2.75) is 246 Å². The highest BCUT2D eigenvalue weighted by atomic mass is 32.2. The van der Waals surface area contributed by atoms with Crippen LogP contribution in [0, 0.1) is 0 Å². The molecule has 1 N–H and O–H groups in total. The van der Waals surface area contributed by atoms with Crippen molar-refractivity contribution in [3.8, 4) is 5.75 Å². The number of benzene rings is 10. The molecule has 0 aliphatic rings. The molecule has 8 nitrogen and oxygen atoms in total. The zero-order chi connectivity index (χ0) is 80.1. The molecule has 0 aromatic heterocycles. The Labute approximate surface area is 651 Å². The van der Waals surface area contributed by atoms with Gasteiger partial charge in [0, 0.05) is 18.4 Å². The number of unbranched alkanes of at least 4 members (excludes halogenated alkanes) is 4. The summed E-state index contributed by atoms with van der Waals surface area (Å²) in [5, 5.41) is 37.7. The van der Waals surface area contributed by atoms with Crippen LogP contribution in [0.3, 0.4) is 0 Å². The monoisotopic (exact) mass is 1520 g/mol. The highest BCUT2D eigenvalue weighted by Crippen LogP contribution is 2.38. The standard InChI is InChI=1S/2C26H31S.C22H23OS.C8H8O2.C8H16O2.C4H5F3O3/c2*1-25(2,3)20-12-16-23(17-13-20)27(22-10-8-7-9-11-22)24-18-14-21(15-19-24)26(4,5)6;1-22(2,3)23-18-14-16-21(17-15-18)24(19-10-6-4-7-11-19)20-12-8-5-9-13-20;9-8(10)6-7-4-2-1-3-5-7;1-2-3-4-5-6-7-8(9)10;1-3(10,2(8)9)4(5,6)7/h2*7-19H,1-6H3;4-17H,1-3H3;1-5H,6H2,(H,9,10);2-7H2,1H3,(H,9,10);10H,1H3,(H,8,9)/q3*+1;;;/p-3. The number of carboxylic acids is 3. The number of rotatable bonds is 19. The molecule has 0 heterocycles. The largest absolute Gasteiger partial charge is 0.550 e. The van der Waals surface area contributed by atoms with E-state index in [1.165, 1.54) is 79.2 Å². The van der Waals surface area contributed by atoms with E-state index in [2.05, 4.69) is 353 Å². The average Bonchev–Trinajstić information content (AvgIpc) is 0.810. The molecular formula is C94H111F3O8S3. The van der Waals surface area contributed by atoms with E-state index >= 15 is 0 Å². The quantitative estimate of drug-likeness (QED) is 0.0621. The fourth-order valence-electron chi connectivity index (χ4n) is 10.6. The van der Waals surface area contributed by atoms with Gasteiger partial charge in [0.15, 0.2) is 49.7 Å². The molecule has 0 bridgehead atoms. The van der Waals surface area contributed by atoms with Crippen LogP contribution >= 0.6 is 0 Å². The van der Waals surface area contributed by atoms with Crippen LogP contribution in [0.2, 0.25) is 0 Å². The third-order valence-corrected chi connectivity index (χ3v) is 23.5. The fraction of sp³-hybridized carbons (Fsp3) is 0.330. The third kappa shape index (κ3) is 30.3. The fourth-order valence-corrected chi connectivity index (χ4v) is 16.8. The normalized spacial score (nSPS) is 12.2. The van der Waals surface area contributed by atoms with Gasteiger partial charge in [-0.25, -0.2) is 0 Å². The molecule has 0 saturated carbocycles. The van der Waals surface area contributed by atoms with Crippen molar-refractivity contribution in [3.63, 3.8) is 0 Å². The van der Waals surface area contributed by atoms with Crippen LogP contribution in [0.5, 0.6) is 5.75 Å². The molecule has 1 atom stereocenters. The Hall–Kier alpha value is -8.79. The van der Waals surface area contributed by atoms with E-state index in [1.54, 1.807) is 24.3 Å². The second kappa shape index (κ2) is 41.7. The van der Waals surface area contributed by atoms with E-state index in [9.17, 15) is 42.9 Å². The van der Waals surface area contributed by atoms with E-state index < -0.39 is 29.7 Å². The van der Waals surface area contributed by atoms with Crippen LogP contribution in [0.25, 0.3) is 0 Å². The van der Waals surface area contributed by atoms with Gasteiger partial charge in [0.2, 0.25) is 0 Å². The van der Waals surface area contributed by atoms with Gasteiger partial charge in [-0.1, -0.05) is 267 Å². The first-order chi connectivity index (χ1) is 50.6. The number of hydrogen-bond acceptors (Lipinski definition) is 8. The van der Waals surface area contributed by atoms with Gasteiger partial charge in [-0.15, -0.1) is 0 Å². The summed E-state index contributed by atoms with van der Waals surface area (Å²) in [6.45, 7) is 35.7. The van der Waals surface area contributed by atoms with E-state index in [0.29, 0.717) is 0 Å².